The van der Waals surface area contributed by atoms with Gasteiger partial charge in [0.05, 0.1) is 4.92 Å². The Morgan fingerprint density at radius 3 is 2.81 bits per heavy atom. The number of carboxylic acid groups (broad SMARTS) is 1. The SMILES string of the molecule is Cc1c(CN2CCCCC2(C)C(=O)O)cccc1[N+](=O)[O-]. The molecule has 1 atom stereocenters. The molecular formula is C15H20N2O4. The van der Waals surface area contributed by atoms with Crippen LogP contribution in [0.4, 0.5) is 5.69 Å². The first kappa shape index (κ1) is 15.4. The molecule has 0 bridgehead atoms. The maximum Gasteiger partial charge on any atom is 0.323 e. The summed E-state index contributed by atoms with van der Waals surface area (Å²) in [6.07, 6.45) is 2.46. The van der Waals surface area contributed by atoms with Crippen molar-refractivity contribution < 1.29 is 14.8 Å². The first-order valence-electron chi connectivity index (χ1n) is 7.07. The lowest BCUT2D eigenvalue weighted by Gasteiger charge is -2.41. The summed E-state index contributed by atoms with van der Waals surface area (Å²) in [4.78, 5) is 24.1. The molecule has 6 nitrogen and oxygen atoms in total. The molecule has 1 heterocycles. The van der Waals surface area contributed by atoms with E-state index in [0.29, 0.717) is 25.1 Å². The van der Waals surface area contributed by atoms with Crippen LogP contribution in [0.15, 0.2) is 18.2 Å². The van der Waals surface area contributed by atoms with E-state index in [1.165, 1.54) is 6.07 Å². The summed E-state index contributed by atoms with van der Waals surface area (Å²) in [7, 11) is 0. The Bertz CT molecular complexity index is 573. The number of nitro benzene ring substituents is 1. The van der Waals surface area contributed by atoms with E-state index in [1.807, 2.05) is 11.0 Å². The van der Waals surface area contributed by atoms with Crippen LogP contribution in [0, 0.1) is 17.0 Å². The highest BCUT2D eigenvalue weighted by Crippen LogP contribution is 2.31. The molecule has 6 heteroatoms. The second-order valence-corrected chi connectivity index (χ2v) is 5.78. The standard InChI is InChI=1S/C15H20N2O4/c1-11-12(6-5-7-13(11)17(20)21)10-16-9-4-3-8-15(16,2)14(18)19/h5-7H,3-4,8-10H2,1-2H3,(H,18,19). The summed E-state index contributed by atoms with van der Waals surface area (Å²) in [6.45, 7) is 4.58. The minimum absolute atomic E-state index is 0.0848. The van der Waals surface area contributed by atoms with E-state index >= 15 is 0 Å². The first-order valence-corrected chi connectivity index (χ1v) is 7.07. The summed E-state index contributed by atoms with van der Waals surface area (Å²) in [5.74, 6) is -0.828. The van der Waals surface area contributed by atoms with Gasteiger partial charge in [0.25, 0.3) is 5.69 Å². The normalized spacial score (nSPS) is 23.0. The molecule has 0 aromatic heterocycles. The van der Waals surface area contributed by atoms with E-state index in [-0.39, 0.29) is 5.69 Å². The Kier molecular flexibility index (Phi) is 4.27. The van der Waals surface area contributed by atoms with Crippen molar-refractivity contribution in [3.63, 3.8) is 0 Å². The third kappa shape index (κ3) is 2.90. The van der Waals surface area contributed by atoms with Crippen LogP contribution in [-0.2, 0) is 11.3 Å². The zero-order chi connectivity index (χ0) is 15.6. The van der Waals surface area contributed by atoms with Gasteiger partial charge in [0.15, 0.2) is 0 Å². The van der Waals surface area contributed by atoms with E-state index in [9.17, 15) is 20.0 Å². The topological polar surface area (TPSA) is 83.7 Å². The molecule has 1 aromatic rings. The van der Waals surface area contributed by atoms with Gasteiger partial charge in [-0.25, -0.2) is 0 Å². The molecule has 1 aromatic carbocycles. The lowest BCUT2D eigenvalue weighted by molar-refractivity contribution is -0.385. The fourth-order valence-electron chi connectivity index (χ4n) is 2.92. The summed E-state index contributed by atoms with van der Waals surface area (Å²) in [5.41, 5.74) is 0.621. The van der Waals surface area contributed by atoms with Gasteiger partial charge in [0.1, 0.15) is 5.54 Å². The van der Waals surface area contributed by atoms with Crippen molar-refractivity contribution in [2.45, 2.75) is 45.2 Å². The van der Waals surface area contributed by atoms with Crippen molar-refractivity contribution in [3.05, 3.63) is 39.4 Å². The Morgan fingerprint density at radius 1 is 1.48 bits per heavy atom. The molecule has 1 unspecified atom stereocenters. The lowest BCUT2D eigenvalue weighted by atomic mass is 9.87. The largest absolute Gasteiger partial charge is 0.480 e. The molecule has 0 spiro atoms. The quantitative estimate of drug-likeness (QED) is 0.681. The molecule has 2 rings (SSSR count). The molecule has 0 aliphatic carbocycles. The van der Waals surface area contributed by atoms with Gasteiger partial charge in [-0.05, 0) is 45.2 Å². The zero-order valence-electron chi connectivity index (χ0n) is 12.3. The van der Waals surface area contributed by atoms with Gasteiger partial charge in [-0.2, -0.15) is 0 Å². The number of rotatable bonds is 4. The fraction of sp³-hybridized carbons (Fsp3) is 0.533. The lowest BCUT2D eigenvalue weighted by Crippen LogP contribution is -2.54. The predicted octanol–water partition coefficient (Wildman–Crippen LogP) is 2.73. The fourth-order valence-corrected chi connectivity index (χ4v) is 2.92. The van der Waals surface area contributed by atoms with Crippen molar-refractivity contribution in [3.8, 4) is 0 Å². The van der Waals surface area contributed by atoms with Crippen LogP contribution in [0.3, 0.4) is 0 Å². The molecule has 0 radical (unpaired) electrons. The highest BCUT2D eigenvalue weighted by molar-refractivity contribution is 5.78. The second kappa shape index (κ2) is 5.81. The van der Waals surface area contributed by atoms with Gasteiger partial charge in [0.2, 0.25) is 0 Å². The van der Waals surface area contributed by atoms with Crippen LogP contribution in [-0.4, -0.2) is 33.0 Å². The molecule has 1 fully saturated rings. The third-order valence-electron chi connectivity index (χ3n) is 4.48. The molecule has 21 heavy (non-hydrogen) atoms. The highest BCUT2D eigenvalue weighted by Gasteiger charge is 2.41. The van der Waals surface area contributed by atoms with Gasteiger partial charge in [0, 0.05) is 18.2 Å². The zero-order valence-corrected chi connectivity index (χ0v) is 12.3. The Labute approximate surface area is 123 Å². The molecule has 114 valence electrons. The van der Waals surface area contributed by atoms with Crippen LogP contribution in [0.2, 0.25) is 0 Å². The highest BCUT2D eigenvalue weighted by atomic mass is 16.6. The van der Waals surface area contributed by atoms with Crippen molar-refractivity contribution in [2.24, 2.45) is 0 Å². The summed E-state index contributed by atoms with van der Waals surface area (Å²) >= 11 is 0. The van der Waals surface area contributed by atoms with Crippen LogP contribution in [0.5, 0.6) is 0 Å². The summed E-state index contributed by atoms with van der Waals surface area (Å²) in [6, 6.07) is 4.97. The Hall–Kier alpha value is -1.95. The van der Waals surface area contributed by atoms with Crippen LogP contribution in [0.1, 0.15) is 37.3 Å². The molecular weight excluding hydrogens is 272 g/mol. The monoisotopic (exact) mass is 292 g/mol. The van der Waals surface area contributed by atoms with Gasteiger partial charge < -0.3 is 5.11 Å². The van der Waals surface area contributed by atoms with E-state index in [0.717, 1.165) is 18.4 Å². The number of likely N-dealkylation sites (tertiary alicyclic amines) is 1. The minimum atomic E-state index is -0.894. The van der Waals surface area contributed by atoms with Crippen LogP contribution in [0.25, 0.3) is 0 Å². The van der Waals surface area contributed by atoms with Gasteiger partial charge in [-0.3, -0.25) is 19.8 Å². The maximum absolute atomic E-state index is 11.6. The number of piperidine rings is 1. The first-order chi connectivity index (χ1) is 9.86. The van der Waals surface area contributed by atoms with Crippen molar-refractivity contribution in [2.75, 3.05) is 6.54 Å². The smallest absolute Gasteiger partial charge is 0.323 e. The summed E-state index contributed by atoms with van der Waals surface area (Å²) < 4.78 is 0. The number of benzene rings is 1. The van der Waals surface area contributed by atoms with Gasteiger partial charge >= 0.3 is 5.97 Å². The number of aliphatic carboxylic acids is 1. The number of nitrogens with zero attached hydrogens (tertiary/aromatic N) is 2. The average molecular weight is 292 g/mol. The number of nitro groups is 1. The summed E-state index contributed by atoms with van der Waals surface area (Å²) in [5, 5.41) is 20.5. The molecule has 1 aliphatic rings. The van der Waals surface area contributed by atoms with Gasteiger partial charge in [-0.15, -0.1) is 0 Å². The Balaban J connectivity index is 2.30. The Morgan fingerprint density at radius 2 is 2.19 bits per heavy atom. The van der Waals surface area contributed by atoms with E-state index < -0.39 is 16.4 Å². The van der Waals surface area contributed by atoms with Crippen LogP contribution >= 0.6 is 0 Å². The molecule has 1 N–H and O–H groups in total. The maximum atomic E-state index is 11.6. The molecule has 1 saturated heterocycles. The van der Waals surface area contributed by atoms with Crippen molar-refractivity contribution in [1.29, 1.82) is 0 Å². The molecule has 0 saturated carbocycles. The van der Waals surface area contributed by atoms with Crippen molar-refractivity contribution >= 4 is 11.7 Å². The number of hydrogen-bond acceptors (Lipinski definition) is 4. The third-order valence-corrected chi connectivity index (χ3v) is 4.48. The predicted molar refractivity (Wildman–Crippen MR) is 78.1 cm³/mol. The van der Waals surface area contributed by atoms with Crippen molar-refractivity contribution in [1.82, 2.24) is 4.90 Å². The van der Waals surface area contributed by atoms with E-state index in [4.69, 9.17) is 0 Å². The molecule has 0 amide bonds. The minimum Gasteiger partial charge on any atom is -0.480 e. The van der Waals surface area contributed by atoms with Gasteiger partial charge in [-0.1, -0.05) is 12.1 Å². The van der Waals surface area contributed by atoms with E-state index in [1.54, 1.807) is 19.9 Å². The number of carbonyl (C=O) groups is 1. The average Bonchev–Trinajstić information content (AvgIpc) is 2.43. The van der Waals surface area contributed by atoms with E-state index in [2.05, 4.69) is 0 Å². The number of carboxylic acids is 1. The van der Waals surface area contributed by atoms with Crippen LogP contribution < -0.4 is 0 Å². The number of hydrogen-bond donors (Lipinski definition) is 1. The second-order valence-electron chi connectivity index (χ2n) is 5.78. The molecule has 1 aliphatic heterocycles.